The van der Waals surface area contributed by atoms with Crippen LogP contribution in [0.3, 0.4) is 0 Å². The highest BCUT2D eigenvalue weighted by Crippen LogP contribution is 2.67. The van der Waals surface area contributed by atoms with Gasteiger partial charge in [0.1, 0.15) is 17.7 Å². The van der Waals surface area contributed by atoms with E-state index in [1.165, 1.54) is 17.8 Å². The highest BCUT2D eigenvalue weighted by Gasteiger charge is 2.53. The molecule has 0 saturated carbocycles. The van der Waals surface area contributed by atoms with Gasteiger partial charge >= 0.3 is 23.5 Å². The SMILES string of the molecule is COP(=O)(O)OP(=O)(O)OP(=O)(O)OCC1O[C@@H](Cn2cnc3c(N)nc(Cl)nc32)[C@](C)(Cl)[C@@H]1O. The molecule has 0 aliphatic carbocycles. The van der Waals surface area contributed by atoms with Crippen LogP contribution >= 0.6 is 46.7 Å². The lowest BCUT2D eigenvalue weighted by Crippen LogP contribution is -2.42. The Morgan fingerprint density at radius 3 is 2.46 bits per heavy atom. The Morgan fingerprint density at radius 2 is 1.83 bits per heavy atom. The van der Waals surface area contributed by atoms with Crippen LogP contribution in [0.5, 0.6) is 0 Å². The lowest BCUT2D eigenvalue weighted by molar-refractivity contribution is -0.0250. The lowest BCUT2D eigenvalue weighted by atomic mass is 9.97. The summed E-state index contributed by atoms with van der Waals surface area (Å²) in [4.78, 5) is 38.7. The molecule has 22 heteroatoms. The Kier molecular flexibility index (Phi) is 8.40. The third-order valence-corrected chi connectivity index (χ3v) is 9.65. The fraction of sp³-hybridized carbons (Fsp3) is 0.615. The number of aliphatic hydroxyl groups excluding tert-OH is 1. The van der Waals surface area contributed by atoms with E-state index in [4.69, 9.17) is 38.6 Å². The number of anilines is 1. The predicted molar refractivity (Wildman–Crippen MR) is 118 cm³/mol. The number of alkyl halides is 1. The van der Waals surface area contributed by atoms with Crippen molar-refractivity contribution >= 4 is 63.7 Å². The minimum Gasteiger partial charge on any atom is -0.388 e. The summed E-state index contributed by atoms with van der Waals surface area (Å²) in [5.41, 5.74) is 6.30. The van der Waals surface area contributed by atoms with Crippen molar-refractivity contribution in [2.75, 3.05) is 19.5 Å². The smallest absolute Gasteiger partial charge is 0.388 e. The fourth-order valence-corrected chi connectivity index (χ4v) is 6.77. The van der Waals surface area contributed by atoms with E-state index in [1.807, 2.05) is 0 Å². The lowest BCUT2D eigenvalue weighted by Gasteiger charge is -2.25. The van der Waals surface area contributed by atoms with Crippen molar-refractivity contribution in [3.05, 3.63) is 11.6 Å². The van der Waals surface area contributed by atoms with Gasteiger partial charge in [0.05, 0.1) is 30.5 Å². The summed E-state index contributed by atoms with van der Waals surface area (Å²) in [6, 6.07) is 0. The zero-order valence-electron chi connectivity index (χ0n) is 17.7. The first-order valence-electron chi connectivity index (χ1n) is 9.24. The van der Waals surface area contributed by atoms with Crippen molar-refractivity contribution in [2.45, 2.75) is 36.7 Å². The molecule has 1 aliphatic rings. The molecule has 35 heavy (non-hydrogen) atoms. The van der Waals surface area contributed by atoms with E-state index < -0.39 is 53.3 Å². The fourth-order valence-electron chi connectivity index (χ4n) is 3.08. The second kappa shape index (κ2) is 10.2. The molecule has 7 atom stereocenters. The van der Waals surface area contributed by atoms with Crippen molar-refractivity contribution in [3.8, 4) is 0 Å². The van der Waals surface area contributed by atoms with Gasteiger partial charge < -0.3 is 34.8 Å². The standard InChI is InChI=1S/C13H20Cl2N5O12P3/c1-13(15)7(3-20-5-17-8-10(16)18-12(14)19-11(8)20)30-6(9(13)21)4-29-34(24,25)32-35(26,27)31-33(22,23)28-2/h5-7,9,21H,3-4H2,1-2H3,(H,22,23)(H,24,25)(H,26,27)(H2,16,18,19)/t6?,7-,9+,13-/m0/s1. The van der Waals surface area contributed by atoms with Crippen molar-refractivity contribution < 1.29 is 55.9 Å². The van der Waals surface area contributed by atoms with Gasteiger partial charge in [-0.1, -0.05) is 0 Å². The molecule has 1 saturated heterocycles. The second-order valence-electron chi connectivity index (χ2n) is 7.25. The number of ether oxygens (including phenoxy) is 1. The summed E-state index contributed by atoms with van der Waals surface area (Å²) < 4.78 is 58.4. The third-order valence-electron chi connectivity index (χ3n) is 4.77. The summed E-state index contributed by atoms with van der Waals surface area (Å²) in [6.07, 6.45) is -2.34. The largest absolute Gasteiger partial charge is 0.490 e. The summed E-state index contributed by atoms with van der Waals surface area (Å²) in [7, 11) is -15.3. The van der Waals surface area contributed by atoms with Crippen LogP contribution in [0.1, 0.15) is 6.92 Å². The van der Waals surface area contributed by atoms with Crippen molar-refractivity contribution in [1.82, 2.24) is 19.5 Å². The number of nitrogens with zero attached hydrogens (tertiary/aromatic N) is 4. The first-order chi connectivity index (χ1) is 16.0. The Morgan fingerprint density at radius 1 is 1.20 bits per heavy atom. The number of rotatable bonds is 10. The van der Waals surface area contributed by atoms with Crippen molar-refractivity contribution in [1.29, 1.82) is 0 Å². The molecule has 0 radical (unpaired) electrons. The summed E-state index contributed by atoms with van der Waals surface area (Å²) in [5, 5.41) is 10.4. The number of phosphoric acid groups is 3. The molecular weight excluding hydrogens is 582 g/mol. The summed E-state index contributed by atoms with van der Waals surface area (Å²) >= 11 is 12.3. The van der Waals surface area contributed by atoms with E-state index in [-0.39, 0.29) is 28.8 Å². The first-order valence-corrected chi connectivity index (χ1v) is 14.5. The van der Waals surface area contributed by atoms with Gasteiger partial charge in [-0.25, -0.2) is 18.7 Å². The molecule has 2 aromatic heterocycles. The second-order valence-corrected chi connectivity index (χ2v) is 13.1. The Bertz CT molecular complexity index is 1250. The highest BCUT2D eigenvalue weighted by molar-refractivity contribution is 7.66. The van der Waals surface area contributed by atoms with E-state index >= 15 is 0 Å². The molecule has 3 heterocycles. The number of phosphoric ester groups is 2. The van der Waals surface area contributed by atoms with E-state index in [9.17, 15) is 28.6 Å². The molecule has 0 bridgehead atoms. The number of hydrogen-bond donors (Lipinski definition) is 5. The van der Waals surface area contributed by atoms with E-state index in [0.717, 1.165) is 0 Å². The van der Waals surface area contributed by atoms with Gasteiger partial charge in [0, 0.05) is 7.11 Å². The average Bonchev–Trinajstić information content (AvgIpc) is 3.19. The van der Waals surface area contributed by atoms with Crippen LogP contribution in [-0.2, 0) is 42.6 Å². The maximum absolute atomic E-state index is 12.0. The quantitative estimate of drug-likeness (QED) is 0.146. The third kappa shape index (κ3) is 6.78. The van der Waals surface area contributed by atoms with E-state index in [1.54, 1.807) is 0 Å². The number of nitrogen functional groups attached to an aromatic ring is 1. The number of nitrogens with two attached hydrogens (primary N) is 1. The molecular formula is C13H20Cl2N5O12P3. The number of aromatic nitrogens is 4. The zero-order chi connectivity index (χ0) is 26.4. The van der Waals surface area contributed by atoms with Crippen LogP contribution in [0.4, 0.5) is 5.82 Å². The molecule has 3 rings (SSSR count). The molecule has 1 aliphatic heterocycles. The van der Waals surface area contributed by atoms with Crippen LogP contribution in [0.2, 0.25) is 5.28 Å². The molecule has 1 fully saturated rings. The number of imidazole rings is 1. The molecule has 6 N–H and O–H groups in total. The van der Waals surface area contributed by atoms with E-state index in [0.29, 0.717) is 7.11 Å². The minimum absolute atomic E-state index is 0.0212. The maximum atomic E-state index is 12.0. The highest BCUT2D eigenvalue weighted by atomic mass is 35.5. The monoisotopic (exact) mass is 601 g/mol. The maximum Gasteiger partial charge on any atom is 0.490 e. The molecule has 4 unspecified atom stereocenters. The minimum atomic E-state index is -5.59. The van der Waals surface area contributed by atoms with Crippen LogP contribution < -0.4 is 5.73 Å². The van der Waals surface area contributed by atoms with Crippen LogP contribution in [0.25, 0.3) is 11.2 Å². The molecule has 0 amide bonds. The Labute approximate surface area is 206 Å². The molecule has 0 spiro atoms. The van der Waals surface area contributed by atoms with Crippen LogP contribution in [-0.4, -0.2) is 76.2 Å². The van der Waals surface area contributed by atoms with Crippen LogP contribution in [0.15, 0.2) is 6.33 Å². The Balaban J connectivity index is 1.69. The number of hydrogen-bond acceptors (Lipinski definition) is 13. The van der Waals surface area contributed by atoms with E-state index in [2.05, 4.69) is 32.6 Å². The van der Waals surface area contributed by atoms with Gasteiger partial charge in [0.25, 0.3) is 0 Å². The summed E-state index contributed by atoms with van der Waals surface area (Å²) in [5.74, 6) is 0.0398. The molecule has 198 valence electrons. The number of fused-ring (bicyclic) bond motifs is 1. The van der Waals surface area contributed by atoms with Crippen molar-refractivity contribution in [2.24, 2.45) is 0 Å². The topological polar surface area (TPSA) is 248 Å². The van der Waals surface area contributed by atoms with Gasteiger partial charge in [0.2, 0.25) is 5.28 Å². The molecule has 17 nitrogen and oxygen atoms in total. The first kappa shape index (κ1) is 28.8. The normalized spacial score (nSPS) is 30.1. The van der Waals surface area contributed by atoms with Gasteiger partial charge in [-0.3, -0.25) is 9.05 Å². The van der Waals surface area contributed by atoms with Crippen molar-refractivity contribution in [3.63, 3.8) is 0 Å². The zero-order valence-corrected chi connectivity index (χ0v) is 21.9. The number of aliphatic hydroxyl groups is 1. The van der Waals surface area contributed by atoms with Gasteiger partial charge in [0.15, 0.2) is 11.5 Å². The predicted octanol–water partition coefficient (Wildman–Crippen LogP) is 1.19. The average molecular weight is 602 g/mol. The van der Waals surface area contributed by atoms with Gasteiger partial charge in [-0.2, -0.15) is 18.6 Å². The summed E-state index contributed by atoms with van der Waals surface area (Å²) in [6.45, 7) is 0.570. The molecule has 0 aromatic carbocycles. The van der Waals surface area contributed by atoms with Gasteiger partial charge in [-0.05, 0) is 18.5 Å². The van der Waals surface area contributed by atoms with Gasteiger partial charge in [-0.15, -0.1) is 11.6 Å². The van der Waals surface area contributed by atoms with Crippen LogP contribution in [0, 0.1) is 0 Å². The molecule has 2 aromatic rings. The number of halogens is 2. The Hall–Kier alpha value is -0.740.